The van der Waals surface area contributed by atoms with Gasteiger partial charge in [0.2, 0.25) is 5.91 Å². The Hall–Kier alpha value is -3.36. The van der Waals surface area contributed by atoms with E-state index in [1.165, 1.54) is 5.57 Å². The summed E-state index contributed by atoms with van der Waals surface area (Å²) in [5.41, 5.74) is 4.69. The smallest absolute Gasteiger partial charge is 0.309 e. The Morgan fingerprint density at radius 1 is 1.13 bits per heavy atom. The van der Waals surface area contributed by atoms with Crippen LogP contribution in [0.25, 0.3) is 27.9 Å². The average molecular weight is 552 g/mol. The highest BCUT2D eigenvalue weighted by Crippen LogP contribution is 2.40. The van der Waals surface area contributed by atoms with Gasteiger partial charge in [0.05, 0.1) is 27.2 Å². The summed E-state index contributed by atoms with van der Waals surface area (Å²) in [4.78, 5) is 33.0. The number of nitrogens with zero attached hydrogens (tertiary/aromatic N) is 2. The highest BCUT2D eigenvalue weighted by atomic mass is 35.5. The van der Waals surface area contributed by atoms with Gasteiger partial charge in [0.15, 0.2) is 5.88 Å². The molecule has 1 aliphatic heterocycles. The zero-order chi connectivity index (χ0) is 27.7. The lowest BCUT2D eigenvalue weighted by Gasteiger charge is -2.36. The minimum atomic E-state index is -0.745. The summed E-state index contributed by atoms with van der Waals surface area (Å²) in [5.74, 6) is -0.209. The van der Waals surface area contributed by atoms with Gasteiger partial charge in [-0.2, -0.15) is 0 Å². The van der Waals surface area contributed by atoms with E-state index in [4.69, 9.17) is 26.4 Å². The van der Waals surface area contributed by atoms with Crippen molar-refractivity contribution in [2.75, 3.05) is 19.7 Å². The van der Waals surface area contributed by atoms with Crippen molar-refractivity contribution in [3.8, 4) is 17.1 Å². The molecule has 3 heterocycles. The first-order valence-corrected chi connectivity index (χ1v) is 13.8. The second-order valence-electron chi connectivity index (χ2n) is 11.1. The molecular formula is C30H34ClN3O5. The molecule has 206 valence electrons. The molecule has 0 atom stereocenters. The quantitative estimate of drug-likeness (QED) is 0.355. The van der Waals surface area contributed by atoms with Gasteiger partial charge < -0.3 is 24.8 Å². The van der Waals surface area contributed by atoms with E-state index in [2.05, 4.69) is 4.98 Å². The summed E-state index contributed by atoms with van der Waals surface area (Å²) in [6.45, 7) is 4.25. The van der Waals surface area contributed by atoms with E-state index in [1.807, 2.05) is 56.3 Å². The molecule has 2 aliphatic rings. The number of aliphatic hydroxyl groups is 1. The van der Waals surface area contributed by atoms with Crippen molar-refractivity contribution in [3.05, 3.63) is 53.1 Å². The number of pyridine rings is 1. The van der Waals surface area contributed by atoms with Crippen molar-refractivity contribution >= 4 is 40.1 Å². The van der Waals surface area contributed by atoms with E-state index < -0.39 is 18.0 Å². The van der Waals surface area contributed by atoms with Crippen molar-refractivity contribution in [3.63, 3.8) is 0 Å². The van der Waals surface area contributed by atoms with E-state index in [9.17, 15) is 14.7 Å². The second-order valence-corrected chi connectivity index (χ2v) is 11.5. The lowest BCUT2D eigenvalue weighted by atomic mass is 9.70. The van der Waals surface area contributed by atoms with Gasteiger partial charge in [-0.25, -0.2) is 4.98 Å². The van der Waals surface area contributed by atoms with E-state index in [-0.39, 0.29) is 17.9 Å². The summed E-state index contributed by atoms with van der Waals surface area (Å²) in [6, 6.07) is 11.8. The van der Waals surface area contributed by atoms with Crippen LogP contribution < -0.4 is 4.74 Å². The molecule has 0 radical (unpaired) electrons. The summed E-state index contributed by atoms with van der Waals surface area (Å²) in [7, 11) is 0. The number of halogens is 1. The molecule has 1 aromatic carbocycles. The maximum Gasteiger partial charge on any atom is 0.309 e. The number of carbonyl (C=O) groups excluding carboxylic acids is 1. The van der Waals surface area contributed by atoms with Crippen molar-refractivity contribution in [2.24, 2.45) is 11.3 Å². The minimum Gasteiger partial charge on any atom is -0.481 e. The number of rotatable bonds is 7. The number of aromatic amines is 1. The molecule has 1 amide bonds. The van der Waals surface area contributed by atoms with Gasteiger partial charge in [0.25, 0.3) is 0 Å². The molecule has 0 unspecified atom stereocenters. The Morgan fingerprint density at radius 3 is 2.44 bits per heavy atom. The number of aliphatic carboxylic acids is 1. The number of aliphatic hydroxyl groups excluding tert-OH is 1. The van der Waals surface area contributed by atoms with Crippen molar-refractivity contribution in [2.45, 2.75) is 52.1 Å². The van der Waals surface area contributed by atoms with Crippen LogP contribution in [-0.4, -0.2) is 62.8 Å². The Labute approximate surface area is 232 Å². The lowest BCUT2D eigenvalue weighted by molar-refractivity contribution is -0.151. The fraction of sp³-hybridized carbons (Fsp3) is 0.433. The van der Waals surface area contributed by atoms with E-state index in [0.717, 1.165) is 54.3 Å². The normalized spacial score (nSPS) is 20.1. The van der Waals surface area contributed by atoms with Gasteiger partial charge in [0.1, 0.15) is 12.7 Å². The summed E-state index contributed by atoms with van der Waals surface area (Å²) in [6.07, 6.45) is 6.08. The molecule has 0 saturated heterocycles. The number of ether oxygens (including phenoxy) is 1. The molecule has 3 aromatic rings. The Balaban J connectivity index is 1.26. The molecule has 0 spiro atoms. The number of amides is 1. The molecule has 2 aromatic heterocycles. The van der Waals surface area contributed by atoms with Gasteiger partial charge in [-0.05, 0) is 69.1 Å². The second kappa shape index (κ2) is 11.0. The SMILES string of the molecule is CC(C)(C(=O)O)[C@H]1CC[C@H](Oc2cc3nc(-c4ccc(C5=CCN(C(=O)CO)CC5)cc4)c(Cl)cc3[nH]2)CC1. The standard InChI is InChI=1S/C30H34ClN3O5/c1-30(2,29(37)38)21-7-9-22(10-8-21)39-26-16-25-24(32-26)15-23(31)28(33-25)20-5-3-18(4-6-20)19-11-13-34(14-12-19)27(36)17-35/h3-6,11,15-16,21-22,32,35H,7-10,12-14,17H2,1-2H3,(H,37,38)/t21-,22-. The molecular weight excluding hydrogens is 518 g/mol. The topological polar surface area (TPSA) is 116 Å². The number of carbonyl (C=O) groups is 2. The number of H-pyrrole nitrogens is 1. The third-order valence-corrected chi connectivity index (χ3v) is 8.59. The zero-order valence-electron chi connectivity index (χ0n) is 22.2. The molecule has 0 bridgehead atoms. The van der Waals surface area contributed by atoms with Crippen molar-refractivity contribution < 1.29 is 24.5 Å². The Bertz CT molecular complexity index is 1400. The van der Waals surface area contributed by atoms with Crippen molar-refractivity contribution in [1.82, 2.24) is 14.9 Å². The van der Waals surface area contributed by atoms with Gasteiger partial charge in [-0.1, -0.05) is 41.9 Å². The summed E-state index contributed by atoms with van der Waals surface area (Å²) in [5, 5.41) is 19.1. The van der Waals surface area contributed by atoms with Gasteiger partial charge in [-0.3, -0.25) is 9.59 Å². The Morgan fingerprint density at radius 2 is 1.82 bits per heavy atom. The number of carboxylic acids is 1. The van der Waals surface area contributed by atoms with Crippen LogP contribution in [0.5, 0.6) is 5.88 Å². The lowest BCUT2D eigenvalue weighted by Crippen LogP contribution is -2.37. The number of nitrogens with one attached hydrogen (secondary N) is 1. The van der Waals surface area contributed by atoms with Gasteiger partial charge in [-0.15, -0.1) is 0 Å². The monoisotopic (exact) mass is 551 g/mol. The third-order valence-electron chi connectivity index (χ3n) is 8.30. The van der Waals surface area contributed by atoms with Crippen LogP contribution in [0.2, 0.25) is 5.02 Å². The summed E-state index contributed by atoms with van der Waals surface area (Å²) < 4.78 is 6.23. The molecule has 5 rings (SSSR count). The first-order chi connectivity index (χ1) is 18.7. The van der Waals surface area contributed by atoms with E-state index in [0.29, 0.717) is 29.7 Å². The first kappa shape index (κ1) is 27.2. The van der Waals surface area contributed by atoms with Crippen LogP contribution in [0.4, 0.5) is 0 Å². The van der Waals surface area contributed by atoms with Crippen LogP contribution in [0.1, 0.15) is 51.5 Å². The third kappa shape index (κ3) is 5.68. The molecule has 1 saturated carbocycles. The number of fused-ring (bicyclic) bond motifs is 1. The molecule has 39 heavy (non-hydrogen) atoms. The number of aromatic nitrogens is 2. The minimum absolute atomic E-state index is 0.0318. The van der Waals surface area contributed by atoms with E-state index >= 15 is 0 Å². The van der Waals surface area contributed by atoms with Crippen molar-refractivity contribution in [1.29, 1.82) is 0 Å². The molecule has 1 aliphatic carbocycles. The largest absolute Gasteiger partial charge is 0.481 e. The highest BCUT2D eigenvalue weighted by Gasteiger charge is 2.39. The number of carboxylic acid groups (broad SMARTS) is 1. The number of hydrogen-bond donors (Lipinski definition) is 3. The first-order valence-electron chi connectivity index (χ1n) is 13.4. The number of hydrogen-bond acceptors (Lipinski definition) is 5. The predicted molar refractivity (Wildman–Crippen MR) is 151 cm³/mol. The van der Waals surface area contributed by atoms with E-state index in [1.54, 1.807) is 4.90 Å². The molecule has 3 N–H and O–H groups in total. The van der Waals surface area contributed by atoms with Crippen LogP contribution >= 0.6 is 11.6 Å². The van der Waals surface area contributed by atoms with Gasteiger partial charge >= 0.3 is 5.97 Å². The fourth-order valence-electron chi connectivity index (χ4n) is 5.63. The van der Waals surface area contributed by atoms with Gasteiger partial charge in [0, 0.05) is 24.7 Å². The zero-order valence-corrected chi connectivity index (χ0v) is 23.0. The molecule has 1 fully saturated rings. The number of benzene rings is 1. The maximum absolute atomic E-state index is 11.7. The van der Waals surface area contributed by atoms with Crippen LogP contribution in [0.15, 0.2) is 42.5 Å². The average Bonchev–Trinajstić information content (AvgIpc) is 3.33. The maximum atomic E-state index is 11.7. The Kier molecular flexibility index (Phi) is 7.69. The summed E-state index contributed by atoms with van der Waals surface area (Å²) >= 11 is 6.63. The predicted octanol–water partition coefficient (Wildman–Crippen LogP) is 5.54. The highest BCUT2D eigenvalue weighted by molar-refractivity contribution is 6.33. The van der Waals surface area contributed by atoms with Crippen LogP contribution in [0, 0.1) is 11.3 Å². The molecule has 8 nitrogen and oxygen atoms in total. The molecule has 9 heteroatoms. The van der Waals surface area contributed by atoms with Crippen LogP contribution in [-0.2, 0) is 9.59 Å². The fourth-order valence-corrected chi connectivity index (χ4v) is 5.89. The van der Waals surface area contributed by atoms with Crippen LogP contribution in [0.3, 0.4) is 0 Å².